The van der Waals surface area contributed by atoms with Crippen LogP contribution in [0.2, 0.25) is 0 Å². The zero-order valence-corrected chi connectivity index (χ0v) is 13.3. The van der Waals surface area contributed by atoms with Crippen molar-refractivity contribution >= 4 is 29.1 Å². The number of rotatable bonds is 5. The van der Waals surface area contributed by atoms with Crippen LogP contribution in [0.25, 0.3) is 0 Å². The van der Waals surface area contributed by atoms with Crippen molar-refractivity contribution in [1.29, 1.82) is 0 Å². The van der Waals surface area contributed by atoms with Gasteiger partial charge in [-0.25, -0.2) is 4.79 Å². The average molecular weight is 312 g/mol. The molecule has 0 aromatic carbocycles. The van der Waals surface area contributed by atoms with E-state index in [1.165, 1.54) is 18.3 Å². The van der Waals surface area contributed by atoms with E-state index >= 15 is 0 Å². The van der Waals surface area contributed by atoms with Crippen molar-refractivity contribution in [3.8, 4) is 0 Å². The Morgan fingerprint density at radius 2 is 1.86 bits per heavy atom. The van der Waals surface area contributed by atoms with Gasteiger partial charge in [-0.2, -0.15) is 0 Å². The van der Waals surface area contributed by atoms with Crippen molar-refractivity contribution in [2.75, 3.05) is 0 Å². The lowest BCUT2D eigenvalue weighted by atomic mass is 9.86. The van der Waals surface area contributed by atoms with E-state index in [1.807, 2.05) is 0 Å². The molecule has 3 N–H and O–H groups in total. The molecule has 1 heterocycles. The third-order valence-corrected chi connectivity index (χ3v) is 3.75. The highest BCUT2D eigenvalue weighted by molar-refractivity contribution is 7.12. The largest absolute Gasteiger partial charge is 0.480 e. The lowest BCUT2D eigenvalue weighted by Gasteiger charge is -2.28. The number of aliphatic carboxylic acids is 1. The Morgan fingerprint density at radius 1 is 1.24 bits per heavy atom. The number of hydrogen-bond donors (Lipinski definition) is 3. The second-order valence-corrected chi connectivity index (χ2v) is 6.77. The van der Waals surface area contributed by atoms with Crippen LogP contribution < -0.4 is 10.6 Å². The number of carboxylic acid groups (broad SMARTS) is 1. The summed E-state index contributed by atoms with van der Waals surface area (Å²) in [5, 5.41) is 15.9. The molecular weight excluding hydrogens is 292 g/mol. The minimum atomic E-state index is -1.10. The molecular formula is C14H20N2O4S. The first-order chi connectivity index (χ1) is 9.62. The summed E-state index contributed by atoms with van der Waals surface area (Å²) in [6.45, 7) is 6.69. The van der Waals surface area contributed by atoms with Crippen LogP contribution in [0.4, 0.5) is 0 Å². The summed E-state index contributed by atoms with van der Waals surface area (Å²) in [7, 11) is 0. The molecule has 0 bridgehead atoms. The van der Waals surface area contributed by atoms with E-state index in [0.29, 0.717) is 4.88 Å². The van der Waals surface area contributed by atoms with Crippen LogP contribution in [0.1, 0.15) is 37.4 Å². The van der Waals surface area contributed by atoms with Gasteiger partial charge in [0.1, 0.15) is 12.1 Å². The molecule has 21 heavy (non-hydrogen) atoms. The SMILES string of the molecule is CC(NC(=O)c1cccs1)C(=O)NC(C(=O)O)C(C)(C)C. The van der Waals surface area contributed by atoms with Crippen molar-refractivity contribution in [3.05, 3.63) is 22.4 Å². The zero-order chi connectivity index (χ0) is 16.2. The smallest absolute Gasteiger partial charge is 0.326 e. The zero-order valence-electron chi connectivity index (χ0n) is 12.5. The van der Waals surface area contributed by atoms with E-state index in [0.717, 1.165) is 0 Å². The van der Waals surface area contributed by atoms with Crippen molar-refractivity contribution < 1.29 is 19.5 Å². The number of amides is 2. The topological polar surface area (TPSA) is 95.5 Å². The van der Waals surface area contributed by atoms with Crippen molar-refractivity contribution in [2.24, 2.45) is 5.41 Å². The first-order valence-electron chi connectivity index (χ1n) is 6.50. The molecule has 1 aromatic rings. The predicted molar refractivity (Wildman–Crippen MR) is 80.3 cm³/mol. The second-order valence-electron chi connectivity index (χ2n) is 5.82. The summed E-state index contributed by atoms with van der Waals surface area (Å²) in [5.74, 6) is -1.98. The molecule has 116 valence electrons. The molecule has 0 saturated heterocycles. The number of carbonyl (C=O) groups is 3. The maximum atomic E-state index is 12.0. The molecule has 2 unspecified atom stereocenters. The fourth-order valence-corrected chi connectivity index (χ4v) is 2.28. The Bertz CT molecular complexity index is 520. The van der Waals surface area contributed by atoms with Gasteiger partial charge in [-0.3, -0.25) is 9.59 Å². The molecule has 0 aliphatic heterocycles. The van der Waals surface area contributed by atoms with Crippen LogP contribution in [0.3, 0.4) is 0 Å². The highest BCUT2D eigenvalue weighted by Crippen LogP contribution is 2.19. The van der Waals surface area contributed by atoms with Gasteiger partial charge in [0.2, 0.25) is 5.91 Å². The standard InChI is InChI=1S/C14H20N2O4S/c1-8(15-12(18)9-6-5-7-21-9)11(17)16-10(13(19)20)14(2,3)4/h5-8,10H,1-4H3,(H,15,18)(H,16,17)(H,19,20). The van der Waals surface area contributed by atoms with E-state index in [4.69, 9.17) is 0 Å². The van der Waals surface area contributed by atoms with Gasteiger partial charge in [-0.05, 0) is 23.8 Å². The minimum absolute atomic E-state index is 0.352. The quantitative estimate of drug-likeness (QED) is 0.767. The molecule has 2 amide bonds. The minimum Gasteiger partial charge on any atom is -0.480 e. The van der Waals surface area contributed by atoms with Gasteiger partial charge in [-0.1, -0.05) is 26.8 Å². The summed E-state index contributed by atoms with van der Waals surface area (Å²) in [5.41, 5.74) is -0.626. The lowest BCUT2D eigenvalue weighted by molar-refractivity contribution is -0.145. The molecule has 0 aliphatic rings. The fraction of sp³-hybridized carbons (Fsp3) is 0.500. The summed E-state index contributed by atoms with van der Waals surface area (Å²) >= 11 is 1.27. The molecule has 7 heteroatoms. The van der Waals surface area contributed by atoms with E-state index in [1.54, 1.807) is 38.3 Å². The Labute approximate surface area is 127 Å². The maximum absolute atomic E-state index is 12.0. The number of hydrogen-bond acceptors (Lipinski definition) is 4. The normalized spacial score (nSPS) is 14.1. The van der Waals surface area contributed by atoms with E-state index in [2.05, 4.69) is 10.6 Å². The molecule has 1 aromatic heterocycles. The first kappa shape index (κ1) is 17.2. The van der Waals surface area contributed by atoms with E-state index < -0.39 is 29.4 Å². The van der Waals surface area contributed by atoms with Crippen LogP contribution in [0.5, 0.6) is 0 Å². The van der Waals surface area contributed by atoms with Gasteiger partial charge >= 0.3 is 5.97 Å². The van der Waals surface area contributed by atoms with Gasteiger partial charge in [0.15, 0.2) is 0 Å². The lowest BCUT2D eigenvalue weighted by Crippen LogP contribution is -2.54. The Kier molecular flexibility index (Phi) is 5.48. The molecule has 2 atom stereocenters. The predicted octanol–water partition coefficient (Wildman–Crippen LogP) is 1.48. The van der Waals surface area contributed by atoms with Crippen molar-refractivity contribution in [2.45, 2.75) is 39.8 Å². The van der Waals surface area contributed by atoms with Gasteiger partial charge < -0.3 is 15.7 Å². The highest BCUT2D eigenvalue weighted by Gasteiger charge is 2.33. The molecule has 6 nitrogen and oxygen atoms in total. The van der Waals surface area contributed by atoms with Crippen LogP contribution in [0, 0.1) is 5.41 Å². The number of carbonyl (C=O) groups excluding carboxylic acids is 2. The van der Waals surface area contributed by atoms with Crippen molar-refractivity contribution in [1.82, 2.24) is 10.6 Å². The van der Waals surface area contributed by atoms with Crippen molar-refractivity contribution in [3.63, 3.8) is 0 Å². The third kappa shape index (κ3) is 4.86. The highest BCUT2D eigenvalue weighted by atomic mass is 32.1. The number of nitrogens with one attached hydrogen (secondary N) is 2. The monoisotopic (exact) mass is 312 g/mol. The number of carboxylic acids is 1. The van der Waals surface area contributed by atoms with Crippen LogP contribution in [-0.4, -0.2) is 35.0 Å². The Morgan fingerprint density at radius 3 is 2.29 bits per heavy atom. The van der Waals surface area contributed by atoms with Crippen LogP contribution in [-0.2, 0) is 9.59 Å². The summed E-state index contributed by atoms with van der Waals surface area (Å²) in [6, 6.07) is 1.56. The average Bonchev–Trinajstić information content (AvgIpc) is 2.87. The molecule has 0 saturated carbocycles. The van der Waals surface area contributed by atoms with Gasteiger partial charge in [0.05, 0.1) is 4.88 Å². The van der Waals surface area contributed by atoms with E-state index in [9.17, 15) is 19.5 Å². The van der Waals surface area contributed by atoms with Gasteiger partial charge in [0, 0.05) is 0 Å². The van der Waals surface area contributed by atoms with Gasteiger partial charge in [0.25, 0.3) is 5.91 Å². The maximum Gasteiger partial charge on any atom is 0.326 e. The molecule has 1 rings (SSSR count). The summed E-state index contributed by atoms with van der Waals surface area (Å²) < 4.78 is 0. The first-order valence-corrected chi connectivity index (χ1v) is 7.38. The van der Waals surface area contributed by atoms with E-state index in [-0.39, 0.29) is 5.91 Å². The third-order valence-electron chi connectivity index (χ3n) is 2.89. The Balaban J connectivity index is 2.66. The summed E-state index contributed by atoms with van der Waals surface area (Å²) in [6.07, 6.45) is 0. The van der Waals surface area contributed by atoms with Gasteiger partial charge in [-0.15, -0.1) is 11.3 Å². The van der Waals surface area contributed by atoms with Crippen LogP contribution in [0.15, 0.2) is 17.5 Å². The number of thiophene rings is 1. The second kappa shape index (κ2) is 6.71. The molecule has 0 aliphatic carbocycles. The fourth-order valence-electron chi connectivity index (χ4n) is 1.66. The Hall–Kier alpha value is -1.89. The molecule has 0 spiro atoms. The van der Waals surface area contributed by atoms with Crippen LogP contribution >= 0.6 is 11.3 Å². The molecule has 0 fully saturated rings. The summed E-state index contributed by atoms with van der Waals surface area (Å²) in [4.78, 5) is 35.6. The molecule has 0 radical (unpaired) electrons.